The highest BCUT2D eigenvalue weighted by atomic mass is 16.5. The summed E-state index contributed by atoms with van der Waals surface area (Å²) in [6.07, 6.45) is 0.624. The zero-order chi connectivity index (χ0) is 11.0. The molecule has 0 fully saturated rings. The molecule has 0 rings (SSSR count). The molecule has 14 heavy (non-hydrogen) atoms. The van der Waals surface area contributed by atoms with E-state index in [1.807, 2.05) is 0 Å². The molecule has 0 aliphatic heterocycles. The van der Waals surface area contributed by atoms with E-state index >= 15 is 0 Å². The molecule has 0 aliphatic carbocycles. The van der Waals surface area contributed by atoms with E-state index in [2.05, 4.69) is 9.98 Å². The second-order valence-electron chi connectivity index (χ2n) is 2.69. The molecule has 6 heteroatoms. The normalized spacial score (nSPS) is 12.7. The average molecular weight is 200 g/mol. The van der Waals surface area contributed by atoms with Gasteiger partial charge >= 0.3 is 5.97 Å². The Morgan fingerprint density at radius 1 is 1.36 bits per heavy atom. The van der Waals surface area contributed by atoms with E-state index < -0.39 is 0 Å². The molecule has 0 bridgehead atoms. The van der Waals surface area contributed by atoms with Crippen molar-refractivity contribution in [3.8, 4) is 0 Å². The van der Waals surface area contributed by atoms with Gasteiger partial charge in [-0.2, -0.15) is 0 Å². The summed E-state index contributed by atoms with van der Waals surface area (Å²) < 4.78 is 4.70. The summed E-state index contributed by atoms with van der Waals surface area (Å²) in [5.74, 6) is 0.219. The second-order valence-corrected chi connectivity index (χ2v) is 2.69. The third-order valence-electron chi connectivity index (χ3n) is 1.17. The Bertz CT molecular complexity index is 244. The van der Waals surface area contributed by atoms with E-state index in [0.717, 1.165) is 0 Å². The van der Waals surface area contributed by atoms with E-state index in [1.165, 1.54) is 6.92 Å². The van der Waals surface area contributed by atoms with Gasteiger partial charge in [-0.25, -0.2) is 4.99 Å². The molecule has 4 N–H and O–H groups in total. The standard InChI is InChI=1S/C8H16N4O2/c1-6(9)12-8(10)11-4-3-5-14-7(2)13/h3-5H2,1-2H3,(H4,9,10,11,12). The zero-order valence-corrected chi connectivity index (χ0v) is 8.49. The maximum atomic E-state index is 10.4. The van der Waals surface area contributed by atoms with Crippen LogP contribution in [0.3, 0.4) is 0 Å². The predicted molar refractivity (Wildman–Crippen MR) is 55.0 cm³/mol. The van der Waals surface area contributed by atoms with Gasteiger partial charge in [0.15, 0.2) is 0 Å². The van der Waals surface area contributed by atoms with Crippen LogP contribution in [0.15, 0.2) is 9.98 Å². The molecule has 6 nitrogen and oxygen atoms in total. The summed E-state index contributed by atoms with van der Waals surface area (Å²) in [4.78, 5) is 18.0. The van der Waals surface area contributed by atoms with Crippen molar-refractivity contribution in [3.63, 3.8) is 0 Å². The monoisotopic (exact) mass is 200 g/mol. The van der Waals surface area contributed by atoms with Crippen LogP contribution in [0.1, 0.15) is 20.3 Å². The van der Waals surface area contributed by atoms with Gasteiger partial charge in [-0.3, -0.25) is 9.79 Å². The molecule has 0 saturated carbocycles. The van der Waals surface area contributed by atoms with Crippen LogP contribution in [0.4, 0.5) is 0 Å². The van der Waals surface area contributed by atoms with E-state index in [0.29, 0.717) is 25.4 Å². The van der Waals surface area contributed by atoms with Crippen molar-refractivity contribution in [1.82, 2.24) is 0 Å². The maximum Gasteiger partial charge on any atom is 0.302 e. The molecular formula is C8H16N4O2. The second kappa shape index (κ2) is 6.88. The molecule has 0 spiro atoms. The lowest BCUT2D eigenvalue weighted by atomic mass is 10.4. The van der Waals surface area contributed by atoms with E-state index in [9.17, 15) is 4.79 Å². The minimum atomic E-state index is -0.294. The number of aliphatic imine (C=N–C) groups is 2. The Balaban J connectivity index is 3.61. The minimum absolute atomic E-state index is 0.146. The number of rotatable bonds is 4. The van der Waals surface area contributed by atoms with Crippen LogP contribution in [-0.4, -0.2) is 30.9 Å². The Labute approximate surface area is 83.0 Å². The number of amidine groups is 1. The van der Waals surface area contributed by atoms with Crippen LogP contribution < -0.4 is 11.5 Å². The molecule has 0 radical (unpaired) electrons. The highest BCUT2D eigenvalue weighted by molar-refractivity contribution is 5.93. The van der Waals surface area contributed by atoms with Gasteiger partial charge in [-0.1, -0.05) is 0 Å². The fourth-order valence-electron chi connectivity index (χ4n) is 0.690. The minimum Gasteiger partial charge on any atom is -0.466 e. The number of nitrogens with zero attached hydrogens (tertiary/aromatic N) is 2. The predicted octanol–water partition coefficient (Wildman–Crippen LogP) is -0.369. The number of nitrogens with two attached hydrogens (primary N) is 2. The summed E-state index contributed by atoms with van der Waals surface area (Å²) in [6, 6.07) is 0. The maximum absolute atomic E-state index is 10.4. The number of hydrogen-bond acceptors (Lipinski definition) is 3. The lowest BCUT2D eigenvalue weighted by molar-refractivity contribution is -0.140. The van der Waals surface area contributed by atoms with Crippen molar-refractivity contribution in [2.75, 3.05) is 13.2 Å². The number of hydrogen-bond donors (Lipinski definition) is 2. The molecule has 0 aromatic carbocycles. The van der Waals surface area contributed by atoms with Gasteiger partial charge in [0.05, 0.1) is 12.4 Å². The van der Waals surface area contributed by atoms with E-state index in [1.54, 1.807) is 6.92 Å². The summed E-state index contributed by atoms with van der Waals surface area (Å²) in [7, 11) is 0. The van der Waals surface area contributed by atoms with Gasteiger partial charge in [-0.05, 0) is 6.92 Å². The average Bonchev–Trinajstić information content (AvgIpc) is 2.01. The number of carbonyl (C=O) groups is 1. The van der Waals surface area contributed by atoms with Gasteiger partial charge in [0, 0.05) is 19.9 Å². The number of esters is 1. The molecule has 0 aromatic heterocycles. The number of carbonyl (C=O) groups excluding carboxylic acids is 1. The summed E-state index contributed by atoms with van der Waals surface area (Å²) in [5, 5.41) is 0. The third kappa shape index (κ3) is 8.51. The lowest BCUT2D eigenvalue weighted by Gasteiger charge is -1.98. The quantitative estimate of drug-likeness (QED) is 0.279. The SMILES string of the molecule is CC(=O)OCCCN=C(N)N=C(C)N. The first kappa shape index (κ1) is 12.4. The van der Waals surface area contributed by atoms with Crippen molar-refractivity contribution in [1.29, 1.82) is 0 Å². The summed E-state index contributed by atoms with van der Waals surface area (Å²) in [5.41, 5.74) is 10.7. The van der Waals surface area contributed by atoms with Crippen LogP contribution in [0.5, 0.6) is 0 Å². The Hall–Kier alpha value is -1.59. The molecule has 0 atom stereocenters. The van der Waals surface area contributed by atoms with Crippen LogP contribution in [0.2, 0.25) is 0 Å². The summed E-state index contributed by atoms with van der Waals surface area (Å²) in [6.45, 7) is 3.80. The molecule has 80 valence electrons. The lowest BCUT2D eigenvalue weighted by Crippen LogP contribution is -2.16. The smallest absolute Gasteiger partial charge is 0.302 e. The molecule has 0 saturated heterocycles. The molecule has 0 aliphatic rings. The van der Waals surface area contributed by atoms with Crippen molar-refractivity contribution >= 4 is 17.8 Å². The highest BCUT2D eigenvalue weighted by Crippen LogP contribution is 1.85. The van der Waals surface area contributed by atoms with Gasteiger partial charge in [0.1, 0.15) is 0 Å². The Kier molecular flexibility index (Phi) is 6.09. The van der Waals surface area contributed by atoms with Crippen molar-refractivity contribution < 1.29 is 9.53 Å². The van der Waals surface area contributed by atoms with Crippen LogP contribution in [0, 0.1) is 0 Å². The van der Waals surface area contributed by atoms with E-state index in [4.69, 9.17) is 16.2 Å². The first-order valence-corrected chi connectivity index (χ1v) is 4.26. The fourth-order valence-corrected chi connectivity index (χ4v) is 0.690. The van der Waals surface area contributed by atoms with Crippen molar-refractivity contribution in [2.24, 2.45) is 21.5 Å². The topological polar surface area (TPSA) is 103 Å². The van der Waals surface area contributed by atoms with Crippen LogP contribution in [-0.2, 0) is 9.53 Å². The highest BCUT2D eigenvalue weighted by Gasteiger charge is 1.92. The van der Waals surface area contributed by atoms with Crippen molar-refractivity contribution in [3.05, 3.63) is 0 Å². The first-order chi connectivity index (χ1) is 6.52. The van der Waals surface area contributed by atoms with Crippen molar-refractivity contribution in [2.45, 2.75) is 20.3 Å². The largest absolute Gasteiger partial charge is 0.466 e. The molecule has 0 unspecified atom stereocenters. The van der Waals surface area contributed by atoms with Gasteiger partial charge in [0.25, 0.3) is 0 Å². The number of guanidine groups is 1. The first-order valence-electron chi connectivity index (χ1n) is 4.26. The molecule has 0 heterocycles. The van der Waals surface area contributed by atoms with Gasteiger partial charge in [0.2, 0.25) is 5.96 Å². The number of ether oxygens (including phenoxy) is 1. The third-order valence-corrected chi connectivity index (χ3v) is 1.17. The molecular weight excluding hydrogens is 184 g/mol. The van der Waals surface area contributed by atoms with Crippen LogP contribution in [0.25, 0.3) is 0 Å². The Morgan fingerprint density at radius 2 is 2.00 bits per heavy atom. The zero-order valence-electron chi connectivity index (χ0n) is 8.49. The Morgan fingerprint density at radius 3 is 2.50 bits per heavy atom. The van der Waals surface area contributed by atoms with Crippen LogP contribution >= 0.6 is 0 Å². The van der Waals surface area contributed by atoms with Gasteiger partial charge in [-0.15, -0.1) is 0 Å². The van der Waals surface area contributed by atoms with E-state index in [-0.39, 0.29) is 11.9 Å². The summed E-state index contributed by atoms with van der Waals surface area (Å²) >= 11 is 0. The fraction of sp³-hybridized carbons (Fsp3) is 0.625. The van der Waals surface area contributed by atoms with Gasteiger partial charge < -0.3 is 16.2 Å². The molecule has 0 aromatic rings. The molecule has 0 amide bonds.